The molecule has 1 aliphatic carbocycles. The summed E-state index contributed by atoms with van der Waals surface area (Å²) in [6.45, 7) is 1.84. The first-order chi connectivity index (χ1) is 12.4. The molecule has 3 aliphatic rings. The highest BCUT2D eigenvalue weighted by atomic mass is 32.1. The number of aromatic nitrogens is 1. The Hall–Kier alpha value is -1.80. The van der Waals surface area contributed by atoms with Gasteiger partial charge < -0.3 is 4.74 Å². The van der Waals surface area contributed by atoms with Gasteiger partial charge in [0.05, 0.1) is 30.7 Å². The molecule has 7 nitrogen and oxygen atoms in total. The number of nitrogens with zero attached hydrogens (tertiary/aromatic N) is 2. The van der Waals surface area contributed by atoms with Crippen molar-refractivity contribution in [1.29, 1.82) is 0 Å². The quantitative estimate of drug-likeness (QED) is 0.629. The fraction of sp³-hybridized carbons (Fsp3) is 0.667. The molecule has 2 saturated heterocycles. The number of hydrogen-bond donors (Lipinski definition) is 1. The van der Waals surface area contributed by atoms with Gasteiger partial charge in [-0.1, -0.05) is 6.92 Å². The zero-order chi connectivity index (χ0) is 18.6. The zero-order valence-electron chi connectivity index (χ0n) is 15.2. The predicted octanol–water partition coefficient (Wildman–Crippen LogP) is 1.22. The Morgan fingerprint density at radius 2 is 2.08 bits per heavy atom. The molecule has 1 aromatic heterocycles. The van der Waals surface area contributed by atoms with Crippen molar-refractivity contribution in [1.82, 2.24) is 15.2 Å². The summed E-state index contributed by atoms with van der Waals surface area (Å²) in [5.41, 5.74) is -0.0832. The lowest BCUT2D eigenvalue weighted by Gasteiger charge is -2.30. The van der Waals surface area contributed by atoms with Crippen molar-refractivity contribution in [3.05, 3.63) is 15.6 Å². The highest BCUT2D eigenvalue weighted by Crippen LogP contribution is 2.51. The van der Waals surface area contributed by atoms with Crippen LogP contribution in [0.4, 0.5) is 0 Å². The molecule has 4 atom stereocenters. The summed E-state index contributed by atoms with van der Waals surface area (Å²) in [6, 6.07) is -0.434. The standard InChI is InChI=1S/C18H23N3O4S/c1-4-18(17(24)25-3)12-11(15(22)21(2)16(12)23)13(20-18)14-19-9-7-5-6-8-10(9)26-14/h11-13,20H,4-8H2,1-3H3/t11-,12-,13+,18-/m1/s1. The van der Waals surface area contributed by atoms with Gasteiger partial charge in [0, 0.05) is 11.9 Å². The van der Waals surface area contributed by atoms with Gasteiger partial charge in [-0.05, 0) is 32.1 Å². The average Bonchev–Trinajstić information content (AvgIpc) is 3.30. The number of fused-ring (bicyclic) bond motifs is 2. The SMILES string of the molecule is CC[C@@]1(C(=O)OC)N[C@H](c2nc3c(s2)CCCC3)[C@@H]2C(=O)N(C)C(=O)[C@@H]21. The Labute approximate surface area is 156 Å². The van der Waals surface area contributed by atoms with Gasteiger partial charge in [-0.25, -0.2) is 4.98 Å². The molecule has 0 saturated carbocycles. The number of amides is 2. The maximum Gasteiger partial charge on any atom is 0.326 e. The monoisotopic (exact) mass is 377 g/mol. The summed E-state index contributed by atoms with van der Waals surface area (Å²) in [5.74, 6) is -2.41. The number of carbonyl (C=O) groups is 3. The Balaban J connectivity index is 1.81. The predicted molar refractivity (Wildman–Crippen MR) is 94.4 cm³/mol. The molecule has 0 unspecified atom stereocenters. The Morgan fingerprint density at radius 3 is 2.73 bits per heavy atom. The van der Waals surface area contributed by atoms with Crippen molar-refractivity contribution in [3.8, 4) is 0 Å². The van der Waals surface area contributed by atoms with Crippen molar-refractivity contribution in [2.75, 3.05) is 14.2 Å². The van der Waals surface area contributed by atoms with Gasteiger partial charge in [-0.3, -0.25) is 24.6 Å². The molecule has 4 rings (SSSR count). The summed E-state index contributed by atoms with van der Waals surface area (Å²) < 4.78 is 5.02. The van der Waals surface area contributed by atoms with Crippen LogP contribution in [0.3, 0.4) is 0 Å². The van der Waals surface area contributed by atoms with Crippen LogP contribution in [-0.4, -0.2) is 47.4 Å². The van der Waals surface area contributed by atoms with Gasteiger partial charge in [-0.2, -0.15) is 0 Å². The van der Waals surface area contributed by atoms with E-state index in [4.69, 9.17) is 9.72 Å². The van der Waals surface area contributed by atoms with E-state index in [9.17, 15) is 14.4 Å². The van der Waals surface area contributed by atoms with Crippen LogP contribution in [0.25, 0.3) is 0 Å². The molecule has 0 aromatic carbocycles. The van der Waals surface area contributed by atoms with E-state index < -0.39 is 29.4 Å². The summed E-state index contributed by atoms with van der Waals surface area (Å²) in [7, 11) is 2.81. The second-order valence-electron chi connectivity index (χ2n) is 7.31. The number of imide groups is 1. The molecule has 2 amide bonds. The van der Waals surface area contributed by atoms with Gasteiger partial charge in [0.25, 0.3) is 0 Å². The van der Waals surface area contributed by atoms with E-state index in [2.05, 4.69) is 5.32 Å². The number of aryl methyl sites for hydroxylation is 2. The minimum atomic E-state index is -1.19. The molecule has 0 bridgehead atoms. The van der Waals surface area contributed by atoms with Crippen LogP contribution in [0, 0.1) is 11.8 Å². The maximum atomic E-state index is 12.8. The summed E-state index contributed by atoms with van der Waals surface area (Å²) in [5, 5.41) is 4.13. The lowest BCUT2D eigenvalue weighted by Crippen LogP contribution is -2.55. The number of rotatable bonds is 3. The van der Waals surface area contributed by atoms with Crippen LogP contribution in [0.5, 0.6) is 0 Å². The number of esters is 1. The van der Waals surface area contributed by atoms with Crippen LogP contribution in [0.2, 0.25) is 0 Å². The zero-order valence-corrected chi connectivity index (χ0v) is 16.0. The van der Waals surface area contributed by atoms with Gasteiger partial charge >= 0.3 is 5.97 Å². The molecule has 140 valence electrons. The van der Waals surface area contributed by atoms with Gasteiger partial charge in [0.15, 0.2) is 0 Å². The molecule has 0 radical (unpaired) electrons. The number of nitrogens with one attached hydrogen (secondary N) is 1. The van der Waals surface area contributed by atoms with Crippen molar-refractivity contribution in [2.24, 2.45) is 11.8 Å². The molecule has 3 heterocycles. The Bertz CT molecular complexity index is 768. The number of likely N-dealkylation sites (tertiary alicyclic amines) is 1. The third-order valence-electron chi connectivity index (χ3n) is 6.11. The van der Waals surface area contributed by atoms with E-state index in [0.717, 1.165) is 41.3 Å². The number of carbonyl (C=O) groups excluding carboxylic acids is 3. The highest BCUT2D eigenvalue weighted by molar-refractivity contribution is 7.11. The molecule has 26 heavy (non-hydrogen) atoms. The molecule has 1 aromatic rings. The van der Waals surface area contributed by atoms with Crippen molar-refractivity contribution in [2.45, 2.75) is 50.6 Å². The molecule has 0 spiro atoms. The fourth-order valence-electron chi connectivity index (χ4n) is 4.70. The summed E-state index contributed by atoms with van der Waals surface area (Å²) in [4.78, 5) is 45.5. The maximum absolute atomic E-state index is 12.8. The lowest BCUT2D eigenvalue weighted by molar-refractivity contribution is -0.154. The van der Waals surface area contributed by atoms with Crippen molar-refractivity contribution in [3.63, 3.8) is 0 Å². The Morgan fingerprint density at radius 1 is 1.35 bits per heavy atom. The topological polar surface area (TPSA) is 88.6 Å². The van der Waals surface area contributed by atoms with Gasteiger partial charge in [-0.15, -0.1) is 11.3 Å². The van der Waals surface area contributed by atoms with Crippen LogP contribution >= 0.6 is 11.3 Å². The van der Waals surface area contributed by atoms with E-state index in [1.165, 1.54) is 19.0 Å². The molecule has 2 aliphatic heterocycles. The number of thiazole rings is 1. The van der Waals surface area contributed by atoms with E-state index in [0.29, 0.717) is 6.42 Å². The first-order valence-corrected chi connectivity index (χ1v) is 9.92. The van der Waals surface area contributed by atoms with E-state index in [1.807, 2.05) is 6.92 Å². The normalized spacial score (nSPS) is 33.3. The molecule has 8 heteroatoms. The molecular formula is C18H23N3O4S. The Kier molecular flexibility index (Phi) is 4.15. The van der Waals surface area contributed by atoms with Crippen LogP contribution in [0.1, 0.15) is 47.8 Å². The smallest absolute Gasteiger partial charge is 0.326 e. The van der Waals surface area contributed by atoms with Crippen LogP contribution in [-0.2, 0) is 32.0 Å². The second kappa shape index (κ2) is 6.13. The highest BCUT2D eigenvalue weighted by Gasteiger charge is 2.68. The lowest BCUT2D eigenvalue weighted by atomic mass is 9.78. The van der Waals surface area contributed by atoms with E-state index in [1.54, 1.807) is 11.3 Å². The fourth-order valence-corrected chi connectivity index (χ4v) is 5.95. The van der Waals surface area contributed by atoms with E-state index in [-0.39, 0.29) is 11.8 Å². The average molecular weight is 377 g/mol. The largest absolute Gasteiger partial charge is 0.468 e. The third-order valence-corrected chi connectivity index (χ3v) is 7.35. The summed E-state index contributed by atoms with van der Waals surface area (Å²) >= 11 is 1.61. The minimum absolute atomic E-state index is 0.245. The summed E-state index contributed by atoms with van der Waals surface area (Å²) in [6.07, 6.45) is 4.61. The van der Waals surface area contributed by atoms with Gasteiger partial charge in [0.1, 0.15) is 10.5 Å². The third kappa shape index (κ3) is 2.21. The van der Waals surface area contributed by atoms with Crippen LogP contribution in [0.15, 0.2) is 0 Å². The number of ether oxygens (including phenoxy) is 1. The van der Waals surface area contributed by atoms with Crippen LogP contribution < -0.4 is 5.32 Å². The van der Waals surface area contributed by atoms with Crippen molar-refractivity contribution < 1.29 is 19.1 Å². The first-order valence-electron chi connectivity index (χ1n) is 9.10. The molecule has 2 fully saturated rings. The van der Waals surface area contributed by atoms with Crippen molar-refractivity contribution >= 4 is 29.1 Å². The van der Waals surface area contributed by atoms with Gasteiger partial charge in [0.2, 0.25) is 11.8 Å². The molecule has 1 N–H and O–H groups in total. The van der Waals surface area contributed by atoms with E-state index >= 15 is 0 Å². The minimum Gasteiger partial charge on any atom is -0.468 e. The second-order valence-corrected chi connectivity index (χ2v) is 8.42. The first kappa shape index (κ1) is 17.6. The number of methoxy groups -OCH3 is 1. The molecular weight excluding hydrogens is 354 g/mol. The number of hydrogen-bond acceptors (Lipinski definition) is 7.